The standard InChI is InChI=1S/C22H17ClF3N9O/c1-27-21(36)14-3-2-12(8-16(14)23)31-19-20-29-9-17(35(20)7-6-28-19)15-11-34(10-13-4-5-30-32-13)33-18(15)22(24,25)26/h2-9,11H,10H2,1H3,(H,27,36)(H,28,31)(H,30,32). The normalized spacial score (nSPS) is 11.7. The first-order chi connectivity index (χ1) is 17.2. The Bertz CT molecular complexity index is 1560. The number of aromatic nitrogens is 7. The highest BCUT2D eigenvalue weighted by Crippen LogP contribution is 2.37. The van der Waals surface area contributed by atoms with Gasteiger partial charge >= 0.3 is 6.18 Å². The van der Waals surface area contributed by atoms with Crippen molar-refractivity contribution < 1.29 is 18.0 Å². The predicted molar refractivity (Wildman–Crippen MR) is 125 cm³/mol. The maximum absolute atomic E-state index is 13.9. The second kappa shape index (κ2) is 9.00. The molecule has 0 aliphatic carbocycles. The lowest BCUT2D eigenvalue weighted by atomic mass is 10.2. The van der Waals surface area contributed by atoms with Crippen LogP contribution in [0.2, 0.25) is 5.02 Å². The van der Waals surface area contributed by atoms with Crippen LogP contribution in [0.25, 0.3) is 16.9 Å². The van der Waals surface area contributed by atoms with Crippen molar-refractivity contribution in [1.82, 2.24) is 39.7 Å². The SMILES string of the molecule is CNC(=O)c1ccc(Nc2nccn3c(-c4cn(Cc5cc[nH]n5)nc4C(F)(F)F)cnc23)cc1Cl. The number of imidazole rings is 1. The second-order valence-corrected chi connectivity index (χ2v) is 8.07. The van der Waals surface area contributed by atoms with Gasteiger partial charge in [-0.1, -0.05) is 11.6 Å². The molecule has 0 fully saturated rings. The van der Waals surface area contributed by atoms with E-state index in [0.29, 0.717) is 16.9 Å². The molecule has 0 aliphatic heterocycles. The van der Waals surface area contributed by atoms with Crippen LogP contribution in [0.3, 0.4) is 0 Å². The molecule has 10 nitrogen and oxygen atoms in total. The fraction of sp³-hybridized carbons (Fsp3) is 0.136. The minimum Gasteiger partial charge on any atom is -0.355 e. The lowest BCUT2D eigenvalue weighted by Gasteiger charge is -2.10. The molecule has 0 spiro atoms. The Morgan fingerprint density at radius 1 is 1.22 bits per heavy atom. The summed E-state index contributed by atoms with van der Waals surface area (Å²) >= 11 is 6.22. The lowest BCUT2D eigenvalue weighted by molar-refractivity contribution is -0.141. The molecular formula is C22H17ClF3N9O. The molecule has 0 saturated carbocycles. The predicted octanol–water partition coefficient (Wildman–Crippen LogP) is 4.14. The summed E-state index contributed by atoms with van der Waals surface area (Å²) in [5.41, 5.74) is 0.637. The van der Waals surface area contributed by atoms with Gasteiger partial charge in [0.05, 0.1) is 40.3 Å². The highest BCUT2D eigenvalue weighted by Gasteiger charge is 2.38. The summed E-state index contributed by atoms with van der Waals surface area (Å²) in [6.45, 7) is 0.0600. The summed E-state index contributed by atoms with van der Waals surface area (Å²) in [4.78, 5) is 20.4. The van der Waals surface area contributed by atoms with E-state index in [1.807, 2.05) is 0 Å². The first-order valence-electron chi connectivity index (χ1n) is 10.5. The van der Waals surface area contributed by atoms with E-state index in [2.05, 4.69) is 35.9 Å². The number of hydrogen-bond acceptors (Lipinski definition) is 6. The minimum atomic E-state index is -4.69. The van der Waals surface area contributed by atoms with Gasteiger partial charge in [-0.25, -0.2) is 9.97 Å². The third-order valence-corrected chi connectivity index (χ3v) is 5.63. The number of alkyl halides is 3. The zero-order valence-electron chi connectivity index (χ0n) is 18.5. The van der Waals surface area contributed by atoms with E-state index < -0.39 is 11.9 Å². The maximum Gasteiger partial charge on any atom is 0.435 e. The lowest BCUT2D eigenvalue weighted by Crippen LogP contribution is -2.18. The molecule has 0 unspecified atom stereocenters. The molecule has 0 aliphatic rings. The number of nitrogens with one attached hydrogen (secondary N) is 3. The van der Waals surface area contributed by atoms with Crippen molar-refractivity contribution >= 4 is 34.7 Å². The average molecular weight is 516 g/mol. The van der Waals surface area contributed by atoms with Gasteiger partial charge in [0, 0.05) is 37.5 Å². The van der Waals surface area contributed by atoms with Crippen molar-refractivity contribution in [2.75, 3.05) is 12.4 Å². The van der Waals surface area contributed by atoms with Crippen molar-refractivity contribution in [2.45, 2.75) is 12.7 Å². The van der Waals surface area contributed by atoms with Gasteiger partial charge in [0.1, 0.15) is 0 Å². The number of rotatable bonds is 6. The van der Waals surface area contributed by atoms with Gasteiger partial charge in [0.15, 0.2) is 17.2 Å². The molecule has 1 amide bonds. The zero-order chi connectivity index (χ0) is 25.4. The summed E-state index contributed by atoms with van der Waals surface area (Å²) in [6, 6.07) is 6.37. The number of fused-ring (bicyclic) bond motifs is 1. The first kappa shape index (κ1) is 23.4. The molecular weight excluding hydrogens is 499 g/mol. The van der Waals surface area contributed by atoms with E-state index in [0.717, 1.165) is 0 Å². The number of aromatic amines is 1. The van der Waals surface area contributed by atoms with E-state index in [9.17, 15) is 18.0 Å². The second-order valence-electron chi connectivity index (χ2n) is 7.66. The number of hydrogen-bond donors (Lipinski definition) is 3. The van der Waals surface area contributed by atoms with Crippen molar-refractivity contribution in [1.29, 1.82) is 0 Å². The van der Waals surface area contributed by atoms with Crippen LogP contribution in [0.5, 0.6) is 0 Å². The van der Waals surface area contributed by atoms with Gasteiger partial charge in [-0.15, -0.1) is 0 Å². The smallest absolute Gasteiger partial charge is 0.355 e. The number of carbonyl (C=O) groups is 1. The number of halogens is 4. The van der Waals surface area contributed by atoms with Gasteiger partial charge in [-0.3, -0.25) is 19.0 Å². The third kappa shape index (κ3) is 4.35. The number of anilines is 2. The number of amides is 1. The quantitative estimate of drug-likeness (QED) is 0.313. The van der Waals surface area contributed by atoms with Crippen molar-refractivity contribution in [3.63, 3.8) is 0 Å². The van der Waals surface area contributed by atoms with Gasteiger partial charge in [0.2, 0.25) is 0 Å². The van der Waals surface area contributed by atoms with E-state index in [1.165, 1.54) is 40.9 Å². The molecule has 36 heavy (non-hydrogen) atoms. The Morgan fingerprint density at radius 3 is 2.75 bits per heavy atom. The van der Waals surface area contributed by atoms with Crippen molar-refractivity contribution in [2.24, 2.45) is 0 Å². The van der Waals surface area contributed by atoms with Crippen LogP contribution in [-0.2, 0) is 12.7 Å². The molecule has 5 aromatic rings. The topological polar surface area (TPSA) is 118 Å². The first-order valence-corrected chi connectivity index (χ1v) is 10.9. The molecule has 4 aromatic heterocycles. The maximum atomic E-state index is 13.9. The number of benzene rings is 1. The van der Waals surface area contributed by atoms with Crippen molar-refractivity contribution in [3.8, 4) is 11.3 Å². The van der Waals surface area contributed by atoms with E-state index in [4.69, 9.17) is 11.6 Å². The zero-order valence-corrected chi connectivity index (χ0v) is 19.3. The van der Waals surface area contributed by atoms with Crippen LogP contribution in [0, 0.1) is 0 Å². The Labute approximate surface area is 206 Å². The summed E-state index contributed by atoms with van der Waals surface area (Å²) in [5, 5.41) is 16.1. The Morgan fingerprint density at radius 2 is 2.06 bits per heavy atom. The molecule has 0 bridgehead atoms. The molecule has 0 radical (unpaired) electrons. The average Bonchev–Trinajstić information content (AvgIpc) is 3.58. The Hall–Kier alpha value is -4.39. The highest BCUT2D eigenvalue weighted by molar-refractivity contribution is 6.34. The Kier molecular flexibility index (Phi) is 5.84. The molecule has 0 saturated heterocycles. The molecule has 3 N–H and O–H groups in total. The van der Waals surface area contributed by atoms with Crippen LogP contribution in [0.4, 0.5) is 24.7 Å². The fourth-order valence-electron chi connectivity index (χ4n) is 3.70. The Balaban J connectivity index is 1.53. The van der Waals surface area contributed by atoms with E-state index in [-0.39, 0.29) is 40.2 Å². The summed E-state index contributed by atoms with van der Waals surface area (Å²) in [7, 11) is 1.50. The summed E-state index contributed by atoms with van der Waals surface area (Å²) in [5.74, 6) is -0.0528. The van der Waals surface area contributed by atoms with Gasteiger partial charge in [-0.2, -0.15) is 23.4 Å². The highest BCUT2D eigenvalue weighted by atomic mass is 35.5. The van der Waals surface area contributed by atoms with Crippen LogP contribution in [0.1, 0.15) is 21.7 Å². The van der Waals surface area contributed by atoms with E-state index >= 15 is 0 Å². The van der Waals surface area contributed by atoms with Crippen LogP contribution in [0.15, 0.2) is 55.2 Å². The van der Waals surface area contributed by atoms with Gasteiger partial charge < -0.3 is 10.6 Å². The fourth-order valence-corrected chi connectivity index (χ4v) is 3.97. The molecule has 5 rings (SSSR count). The monoisotopic (exact) mass is 515 g/mol. The molecule has 0 atom stereocenters. The van der Waals surface area contributed by atoms with Gasteiger partial charge in [0.25, 0.3) is 5.91 Å². The largest absolute Gasteiger partial charge is 0.435 e. The number of nitrogens with zero attached hydrogens (tertiary/aromatic N) is 6. The minimum absolute atomic E-state index is 0.0600. The number of carbonyl (C=O) groups excluding carboxylic acids is 1. The third-order valence-electron chi connectivity index (χ3n) is 5.32. The van der Waals surface area contributed by atoms with Crippen molar-refractivity contribution in [3.05, 3.63) is 77.2 Å². The van der Waals surface area contributed by atoms with E-state index in [1.54, 1.807) is 30.5 Å². The van der Waals surface area contributed by atoms with Crippen LogP contribution >= 0.6 is 11.6 Å². The molecule has 1 aromatic carbocycles. The number of H-pyrrole nitrogens is 1. The summed E-state index contributed by atoms with van der Waals surface area (Å²) < 4.78 is 44.2. The van der Waals surface area contributed by atoms with Gasteiger partial charge in [-0.05, 0) is 24.3 Å². The summed E-state index contributed by atoms with van der Waals surface area (Å²) in [6.07, 6.45) is 2.47. The van der Waals surface area contributed by atoms with Crippen LogP contribution < -0.4 is 10.6 Å². The molecule has 14 heteroatoms. The molecule has 4 heterocycles. The van der Waals surface area contributed by atoms with Crippen LogP contribution in [-0.4, -0.2) is 47.3 Å². The molecule has 184 valence electrons.